The molecule has 0 aliphatic carbocycles. The summed E-state index contributed by atoms with van der Waals surface area (Å²) in [6.45, 7) is 2.81. The maximum atomic E-state index is 13.5. The van der Waals surface area contributed by atoms with Crippen LogP contribution in [0.15, 0.2) is 66.7 Å². The molecule has 47 heavy (non-hydrogen) atoms. The Morgan fingerprint density at radius 2 is 1.66 bits per heavy atom. The fourth-order valence-electron chi connectivity index (χ4n) is 6.30. The number of nitrogens with zero attached hydrogens (tertiary/aromatic N) is 4. The molecule has 2 aliphatic heterocycles. The summed E-state index contributed by atoms with van der Waals surface area (Å²) in [5.74, 6) is 0.814. The van der Waals surface area contributed by atoms with Gasteiger partial charge in [0.15, 0.2) is 0 Å². The van der Waals surface area contributed by atoms with E-state index in [1.54, 1.807) is 0 Å². The minimum absolute atomic E-state index is 0.0293. The van der Waals surface area contributed by atoms with Gasteiger partial charge >= 0.3 is 5.97 Å². The molecule has 2 saturated heterocycles. The summed E-state index contributed by atoms with van der Waals surface area (Å²) in [7, 11) is -5.22. The number of carbonyl (C=O) groups is 1. The predicted molar refractivity (Wildman–Crippen MR) is 195 cm³/mol. The van der Waals surface area contributed by atoms with Gasteiger partial charge in [-0.2, -0.15) is 4.31 Å². The molecule has 2 aliphatic rings. The quantitative estimate of drug-likeness (QED) is 0.179. The Morgan fingerprint density at radius 1 is 1.02 bits per heavy atom. The first-order valence-corrected chi connectivity index (χ1v) is 21.1. The summed E-state index contributed by atoms with van der Waals surface area (Å²) in [4.78, 5) is 18.2. The molecule has 0 radical (unpaired) electrons. The molecular formula is C32H39Br2ClN4O5S3. The van der Waals surface area contributed by atoms with Crippen LogP contribution in [0.4, 0.5) is 5.82 Å². The Labute approximate surface area is 305 Å². The van der Waals surface area contributed by atoms with Crippen molar-refractivity contribution < 1.29 is 22.5 Å². The Kier molecular flexibility index (Phi) is 13.4. The summed E-state index contributed by atoms with van der Waals surface area (Å²) in [6, 6.07) is 12.8. The fourth-order valence-corrected chi connectivity index (χ4v) is 12.0. The van der Waals surface area contributed by atoms with E-state index in [0.29, 0.717) is 32.9 Å². The predicted octanol–water partition coefficient (Wildman–Crippen LogP) is 7.46. The molecule has 1 unspecified atom stereocenters. The van der Waals surface area contributed by atoms with Gasteiger partial charge in [0.05, 0.1) is 4.47 Å². The first-order valence-electron chi connectivity index (χ1n) is 15.8. The molecule has 256 valence electrons. The average Bonchev–Trinajstić information content (AvgIpc) is 3.41. The molecule has 5 rings (SSSR count). The van der Waals surface area contributed by atoms with Gasteiger partial charge in [-0.3, -0.25) is 4.79 Å². The van der Waals surface area contributed by atoms with Crippen LogP contribution in [0.3, 0.4) is 0 Å². The summed E-state index contributed by atoms with van der Waals surface area (Å²) < 4.78 is 45.8. The van der Waals surface area contributed by atoms with Crippen molar-refractivity contribution in [1.29, 1.82) is 0 Å². The number of carboxylic acids is 1. The van der Waals surface area contributed by atoms with Crippen LogP contribution in [0.25, 0.3) is 0 Å². The van der Waals surface area contributed by atoms with Crippen molar-refractivity contribution in [3.63, 3.8) is 0 Å². The van der Waals surface area contributed by atoms with Crippen molar-refractivity contribution in [2.75, 3.05) is 44.2 Å². The number of aliphatic carboxylic acids is 1. The highest BCUT2D eigenvalue weighted by atomic mass is 79.9. The number of piperidine rings is 2. The summed E-state index contributed by atoms with van der Waals surface area (Å²) in [6.07, 6.45) is 9.56. The third kappa shape index (κ3) is 9.87. The van der Waals surface area contributed by atoms with E-state index in [-0.39, 0.29) is 11.4 Å². The maximum absolute atomic E-state index is 13.5. The lowest BCUT2D eigenvalue weighted by Crippen LogP contribution is -2.37. The fraction of sp³-hybridized carbons (Fsp3) is 0.500. The van der Waals surface area contributed by atoms with Crippen molar-refractivity contribution in [1.82, 2.24) is 13.6 Å². The van der Waals surface area contributed by atoms with Gasteiger partial charge in [0.2, 0.25) is 10.0 Å². The molecule has 1 aromatic carbocycles. The Morgan fingerprint density at radius 3 is 2.23 bits per heavy atom. The van der Waals surface area contributed by atoms with Crippen LogP contribution in [0.5, 0.6) is 0 Å². The molecule has 9 nitrogen and oxygen atoms in total. The Bertz CT molecular complexity index is 1630. The highest BCUT2D eigenvalue weighted by Crippen LogP contribution is 2.36. The van der Waals surface area contributed by atoms with Crippen molar-refractivity contribution in [2.24, 2.45) is 11.8 Å². The number of benzene rings is 1. The lowest BCUT2D eigenvalue weighted by molar-refractivity contribution is -0.137. The zero-order valence-electron chi connectivity index (χ0n) is 25.9. The Hall–Kier alpha value is -1.39. The summed E-state index contributed by atoms with van der Waals surface area (Å²) in [5.41, 5.74) is 0.931. The maximum Gasteiger partial charge on any atom is 0.318 e. The average molecular weight is 851 g/mol. The highest BCUT2D eigenvalue weighted by Gasteiger charge is 2.30. The largest absolute Gasteiger partial charge is 0.480 e. The second-order valence-corrected chi connectivity index (χ2v) is 19.1. The van der Waals surface area contributed by atoms with Gasteiger partial charge in [-0.25, -0.2) is 21.9 Å². The number of thiophene rings is 1. The lowest BCUT2D eigenvalue weighted by atomic mass is 9.87. The molecular weight excluding hydrogens is 812 g/mol. The van der Waals surface area contributed by atoms with Crippen molar-refractivity contribution in [3.05, 3.63) is 67.5 Å². The monoisotopic (exact) mass is 848 g/mol. The number of hydrogen-bond acceptors (Lipinski definition) is 7. The minimum atomic E-state index is -4.07. The standard InChI is InChI=1S/C32H39Br2ClN4O5S3/c33-27-20-30(45-31(27)35)46(42)38-16-11-25(12-17-38)8-4-7-24-9-14-37(15-10-24)32-28(34)19-26(21-36-32)47(43,44)39(22-29(40)41)18-13-23-5-2-1-3-6-23/h1-3,5-6,19-21,24-25H,4,7-18,22H2,(H,40,41). The topological polar surface area (TPSA) is 111 Å². The first-order chi connectivity index (χ1) is 22.5. The van der Waals surface area contributed by atoms with Crippen LogP contribution in [0.2, 0.25) is 4.34 Å². The van der Waals surface area contributed by atoms with Crippen LogP contribution in [0.1, 0.15) is 50.5 Å². The second kappa shape index (κ2) is 17.0. The van der Waals surface area contributed by atoms with Gasteiger partial charge in [0.1, 0.15) is 36.8 Å². The van der Waals surface area contributed by atoms with Gasteiger partial charge < -0.3 is 10.0 Å². The van der Waals surface area contributed by atoms with E-state index >= 15 is 0 Å². The molecule has 4 heterocycles. The SMILES string of the molecule is O=C(O)CN(CCc1ccccc1)S(=O)(=O)c1cnc(N2CCC(CCCC3CCN(S(=O)c4cc(Br)c(Cl)s4)CC3)CC2)c(Br)c1. The van der Waals surface area contributed by atoms with E-state index in [2.05, 4.69) is 46.0 Å². The zero-order valence-corrected chi connectivity index (χ0v) is 32.3. The first kappa shape index (κ1) is 36.9. The third-order valence-corrected chi connectivity index (χ3v) is 15.6. The number of anilines is 1. The molecule has 0 saturated carbocycles. The molecule has 1 atom stereocenters. The van der Waals surface area contributed by atoms with E-state index in [0.717, 1.165) is 70.4 Å². The number of hydrogen-bond donors (Lipinski definition) is 1. The number of pyridine rings is 1. The van der Waals surface area contributed by atoms with Crippen LogP contribution in [0, 0.1) is 11.8 Å². The molecule has 15 heteroatoms. The summed E-state index contributed by atoms with van der Waals surface area (Å²) >= 11 is 14.5. The molecule has 2 aromatic heterocycles. The molecule has 0 spiro atoms. The van der Waals surface area contributed by atoms with E-state index in [9.17, 15) is 22.5 Å². The van der Waals surface area contributed by atoms with Gasteiger partial charge in [0.25, 0.3) is 0 Å². The summed E-state index contributed by atoms with van der Waals surface area (Å²) in [5, 5.41) is 9.42. The molecule has 0 amide bonds. The number of carboxylic acid groups (broad SMARTS) is 1. The van der Waals surface area contributed by atoms with E-state index < -0.39 is 33.5 Å². The van der Waals surface area contributed by atoms with Crippen molar-refractivity contribution >= 4 is 87.6 Å². The highest BCUT2D eigenvalue weighted by molar-refractivity contribution is 9.11. The second-order valence-electron chi connectivity index (χ2n) is 12.1. The van der Waals surface area contributed by atoms with Crippen molar-refractivity contribution in [2.45, 2.75) is 60.5 Å². The normalized spacial score (nSPS) is 17.7. The van der Waals surface area contributed by atoms with Gasteiger partial charge in [0, 0.05) is 43.4 Å². The molecule has 1 N–H and O–H groups in total. The van der Waals surface area contributed by atoms with Crippen LogP contribution in [-0.2, 0) is 32.2 Å². The van der Waals surface area contributed by atoms with Gasteiger partial charge in [-0.05, 0) is 93.5 Å². The van der Waals surface area contributed by atoms with Gasteiger partial charge in [-0.1, -0.05) is 61.2 Å². The number of halogens is 3. The zero-order chi connectivity index (χ0) is 33.6. The minimum Gasteiger partial charge on any atom is -0.480 e. The molecule has 3 aromatic rings. The molecule has 0 bridgehead atoms. The van der Waals surface area contributed by atoms with E-state index in [1.807, 2.05) is 36.4 Å². The third-order valence-electron chi connectivity index (χ3n) is 8.98. The van der Waals surface area contributed by atoms with Crippen LogP contribution < -0.4 is 4.90 Å². The lowest BCUT2D eigenvalue weighted by Gasteiger charge is -2.34. The molecule has 2 fully saturated rings. The number of sulfonamides is 1. The number of rotatable bonds is 14. The van der Waals surface area contributed by atoms with Gasteiger partial charge in [-0.15, -0.1) is 11.3 Å². The van der Waals surface area contributed by atoms with E-state index in [1.165, 1.54) is 42.9 Å². The van der Waals surface area contributed by atoms with Crippen molar-refractivity contribution in [3.8, 4) is 0 Å². The van der Waals surface area contributed by atoms with Crippen LogP contribution in [-0.4, -0.2) is 76.6 Å². The van der Waals surface area contributed by atoms with E-state index in [4.69, 9.17) is 11.6 Å². The van der Waals surface area contributed by atoms with Crippen LogP contribution >= 0.6 is 54.8 Å². The number of aromatic nitrogens is 1. The Balaban J connectivity index is 1.07. The smallest absolute Gasteiger partial charge is 0.318 e.